The lowest BCUT2D eigenvalue weighted by atomic mass is 10.4. The van der Waals surface area contributed by atoms with E-state index in [-0.39, 0.29) is 0 Å². The van der Waals surface area contributed by atoms with Gasteiger partial charge in [0.2, 0.25) is 0 Å². The monoisotopic (exact) mass is 232 g/mol. The van der Waals surface area contributed by atoms with Crippen LogP contribution in [0.15, 0.2) is 24.3 Å². The van der Waals surface area contributed by atoms with Crippen LogP contribution in [0.5, 0.6) is 0 Å². The Labute approximate surface area is 86.1 Å². The lowest BCUT2D eigenvalue weighted by molar-refractivity contribution is 1.81. The molecule has 12 heavy (non-hydrogen) atoms. The predicted octanol–water partition coefficient (Wildman–Crippen LogP) is 1.82. The molecule has 0 heterocycles. The fourth-order valence-corrected chi connectivity index (χ4v) is 2.94. The molecule has 0 atom stereocenters. The summed E-state index contributed by atoms with van der Waals surface area (Å²) in [6.45, 7) is 4.14. The third-order valence-corrected chi connectivity index (χ3v) is 5.25. The lowest BCUT2D eigenvalue weighted by Crippen LogP contribution is -2.26. The standard InChI is InChI=1S/C8H10Cl2Si2/c1-11(9)7-3-5-8(6-4-7)12(2)10/h3-6H,1-2H3. The van der Waals surface area contributed by atoms with E-state index in [0.29, 0.717) is 0 Å². The summed E-state index contributed by atoms with van der Waals surface area (Å²) in [5.74, 6) is 0. The maximum absolute atomic E-state index is 6.01. The molecule has 0 unspecified atom stereocenters. The molecule has 2 radical (unpaired) electrons. The van der Waals surface area contributed by atoms with Gasteiger partial charge in [0.05, 0.1) is 0 Å². The van der Waals surface area contributed by atoms with Crippen LogP contribution in [0.25, 0.3) is 0 Å². The Morgan fingerprint density at radius 3 is 1.25 bits per heavy atom. The summed E-state index contributed by atoms with van der Waals surface area (Å²) in [7, 11) is -1.63. The fourth-order valence-electron chi connectivity index (χ4n) is 0.930. The fraction of sp³-hybridized carbons (Fsp3) is 0.250. The SMILES string of the molecule is C[Si](Cl)c1ccc([Si](C)Cl)cc1. The lowest BCUT2D eigenvalue weighted by Gasteiger charge is -2.03. The Morgan fingerprint density at radius 2 is 1.08 bits per heavy atom. The Morgan fingerprint density at radius 1 is 0.833 bits per heavy atom. The molecule has 4 heteroatoms. The molecule has 1 rings (SSSR count). The third kappa shape index (κ3) is 2.62. The molecule has 0 aromatic heterocycles. The van der Waals surface area contributed by atoms with Gasteiger partial charge in [-0.05, 0) is 10.4 Å². The maximum atomic E-state index is 6.01. The van der Waals surface area contributed by atoms with E-state index in [1.165, 1.54) is 10.4 Å². The second-order valence-corrected chi connectivity index (χ2v) is 9.33. The molecule has 0 bridgehead atoms. The Kier molecular flexibility index (Phi) is 3.84. The highest BCUT2D eigenvalue weighted by Crippen LogP contribution is 1.94. The van der Waals surface area contributed by atoms with Gasteiger partial charge in [-0.15, -0.1) is 0 Å². The van der Waals surface area contributed by atoms with E-state index in [4.69, 9.17) is 22.2 Å². The van der Waals surface area contributed by atoms with Crippen molar-refractivity contribution in [2.45, 2.75) is 13.1 Å². The first-order chi connectivity index (χ1) is 5.61. The first-order valence-electron chi connectivity index (χ1n) is 3.70. The largest absolute Gasteiger partial charge is 0.196 e. The van der Waals surface area contributed by atoms with Crippen molar-refractivity contribution < 1.29 is 0 Å². The summed E-state index contributed by atoms with van der Waals surface area (Å²) >= 11 is 12.0. The molecular weight excluding hydrogens is 223 g/mol. The zero-order chi connectivity index (χ0) is 9.14. The van der Waals surface area contributed by atoms with Gasteiger partial charge in [0.25, 0.3) is 0 Å². The molecule has 0 amide bonds. The minimum absolute atomic E-state index is 0.814. The van der Waals surface area contributed by atoms with E-state index in [0.717, 1.165) is 0 Å². The van der Waals surface area contributed by atoms with Gasteiger partial charge < -0.3 is 0 Å². The molecule has 0 fully saturated rings. The van der Waals surface area contributed by atoms with Crippen LogP contribution in [0.1, 0.15) is 0 Å². The van der Waals surface area contributed by atoms with Gasteiger partial charge in [-0.3, -0.25) is 0 Å². The summed E-state index contributed by atoms with van der Waals surface area (Å²) in [5, 5.41) is 2.51. The van der Waals surface area contributed by atoms with E-state index in [9.17, 15) is 0 Å². The molecule has 0 aliphatic rings. The first-order valence-corrected chi connectivity index (χ1v) is 9.72. The maximum Gasteiger partial charge on any atom is 0.196 e. The number of hydrogen-bond acceptors (Lipinski definition) is 0. The van der Waals surface area contributed by atoms with E-state index >= 15 is 0 Å². The molecule has 0 saturated carbocycles. The van der Waals surface area contributed by atoms with Gasteiger partial charge in [0, 0.05) is 0 Å². The highest BCUT2D eigenvalue weighted by molar-refractivity contribution is 7.14. The highest BCUT2D eigenvalue weighted by atomic mass is 35.6. The average molecular weight is 233 g/mol. The third-order valence-electron chi connectivity index (χ3n) is 1.68. The number of benzene rings is 1. The van der Waals surface area contributed by atoms with Crippen molar-refractivity contribution >= 4 is 48.7 Å². The van der Waals surface area contributed by atoms with Crippen LogP contribution >= 0.6 is 22.2 Å². The molecule has 0 aliphatic heterocycles. The molecule has 64 valence electrons. The Bertz CT molecular complexity index is 217. The average Bonchev–Trinajstić information content (AvgIpc) is 2.04. The van der Waals surface area contributed by atoms with Crippen LogP contribution < -0.4 is 10.4 Å². The topological polar surface area (TPSA) is 0 Å². The summed E-state index contributed by atoms with van der Waals surface area (Å²) in [6, 6.07) is 8.36. The van der Waals surface area contributed by atoms with Crippen LogP contribution in [-0.2, 0) is 0 Å². The van der Waals surface area contributed by atoms with Crippen molar-refractivity contribution in [2.24, 2.45) is 0 Å². The molecule has 0 aliphatic carbocycles. The smallest absolute Gasteiger partial charge is 0.163 e. The summed E-state index contributed by atoms with van der Waals surface area (Å²) in [5.41, 5.74) is 0. The zero-order valence-corrected chi connectivity index (χ0v) is 10.6. The summed E-state index contributed by atoms with van der Waals surface area (Å²) in [6.07, 6.45) is 0. The zero-order valence-electron chi connectivity index (χ0n) is 7.07. The summed E-state index contributed by atoms with van der Waals surface area (Å²) < 4.78 is 0. The van der Waals surface area contributed by atoms with Crippen molar-refractivity contribution in [1.29, 1.82) is 0 Å². The van der Waals surface area contributed by atoms with Crippen molar-refractivity contribution in [2.75, 3.05) is 0 Å². The van der Waals surface area contributed by atoms with E-state index in [2.05, 4.69) is 37.4 Å². The van der Waals surface area contributed by atoms with Gasteiger partial charge in [-0.2, -0.15) is 22.2 Å². The molecule has 1 aromatic carbocycles. The van der Waals surface area contributed by atoms with Gasteiger partial charge in [-0.1, -0.05) is 37.4 Å². The number of rotatable bonds is 2. The number of halogens is 2. The van der Waals surface area contributed by atoms with Gasteiger partial charge >= 0.3 is 0 Å². The van der Waals surface area contributed by atoms with E-state index < -0.39 is 16.2 Å². The Hall–Kier alpha value is 0.234. The van der Waals surface area contributed by atoms with E-state index in [1.54, 1.807) is 0 Å². The molecule has 0 spiro atoms. The quantitative estimate of drug-likeness (QED) is 0.540. The highest BCUT2D eigenvalue weighted by Gasteiger charge is 2.06. The second kappa shape index (κ2) is 4.46. The minimum atomic E-state index is -0.814. The van der Waals surface area contributed by atoms with Crippen LogP contribution in [0.3, 0.4) is 0 Å². The Balaban J connectivity index is 2.86. The van der Waals surface area contributed by atoms with Crippen molar-refractivity contribution in [3.8, 4) is 0 Å². The van der Waals surface area contributed by atoms with Crippen LogP contribution in [-0.4, -0.2) is 16.2 Å². The number of hydrogen-bond donors (Lipinski definition) is 0. The second-order valence-electron chi connectivity index (χ2n) is 2.64. The molecular formula is C8H10Cl2Si2. The minimum Gasteiger partial charge on any atom is -0.163 e. The van der Waals surface area contributed by atoms with E-state index in [1.807, 2.05) is 0 Å². The van der Waals surface area contributed by atoms with Crippen molar-refractivity contribution in [3.63, 3.8) is 0 Å². The van der Waals surface area contributed by atoms with Crippen LogP contribution in [0.2, 0.25) is 13.1 Å². The van der Waals surface area contributed by atoms with Gasteiger partial charge in [-0.25, -0.2) is 0 Å². The van der Waals surface area contributed by atoms with Crippen molar-refractivity contribution in [1.82, 2.24) is 0 Å². The van der Waals surface area contributed by atoms with Crippen molar-refractivity contribution in [3.05, 3.63) is 24.3 Å². The normalized spacial score (nSPS) is 11.2. The summed E-state index contributed by atoms with van der Waals surface area (Å²) in [4.78, 5) is 0. The van der Waals surface area contributed by atoms with Crippen LogP contribution in [0.4, 0.5) is 0 Å². The molecule has 1 aromatic rings. The molecule has 0 N–H and O–H groups in total. The molecule has 0 nitrogen and oxygen atoms in total. The van der Waals surface area contributed by atoms with Crippen LogP contribution in [0, 0.1) is 0 Å². The van der Waals surface area contributed by atoms with Gasteiger partial charge in [0.15, 0.2) is 16.2 Å². The predicted molar refractivity (Wildman–Crippen MR) is 60.7 cm³/mol. The van der Waals surface area contributed by atoms with Gasteiger partial charge in [0.1, 0.15) is 0 Å². The first kappa shape index (κ1) is 10.3. The molecule has 0 saturated heterocycles.